The predicted octanol–water partition coefficient (Wildman–Crippen LogP) is 3.81. The quantitative estimate of drug-likeness (QED) is 0.840. The van der Waals surface area contributed by atoms with Crippen molar-refractivity contribution in [2.75, 3.05) is 20.8 Å². The fraction of sp³-hybridized carbons (Fsp3) is 0.476. The molecule has 1 aliphatic heterocycles. The van der Waals surface area contributed by atoms with Crippen LogP contribution in [0.1, 0.15) is 44.0 Å². The van der Waals surface area contributed by atoms with Crippen molar-refractivity contribution >= 4 is 6.03 Å². The Morgan fingerprint density at radius 3 is 2.63 bits per heavy atom. The lowest BCUT2D eigenvalue weighted by atomic mass is 9.98. The highest BCUT2D eigenvalue weighted by molar-refractivity contribution is 5.76. The summed E-state index contributed by atoms with van der Waals surface area (Å²) < 4.78 is 13.2. The van der Waals surface area contributed by atoms with E-state index in [1.807, 2.05) is 29.2 Å². The van der Waals surface area contributed by atoms with E-state index in [0.717, 1.165) is 36.4 Å². The van der Waals surface area contributed by atoms with E-state index in [4.69, 9.17) is 9.47 Å². The maximum Gasteiger partial charge on any atom is 0.318 e. The Balaban J connectivity index is 2.01. The van der Waals surface area contributed by atoms with E-state index >= 15 is 0 Å². The number of urea groups is 1. The van der Waals surface area contributed by atoms with Gasteiger partial charge in [0.1, 0.15) is 17.5 Å². The highest BCUT2D eigenvalue weighted by Gasteiger charge is 2.34. The normalized spacial score (nSPS) is 16.2. The third kappa shape index (κ3) is 3.75. The first-order valence-electron chi connectivity index (χ1n) is 9.57. The number of carbonyl (C=O) groups excluding carboxylic acids is 1. The first-order valence-corrected chi connectivity index (χ1v) is 9.57. The van der Waals surface area contributed by atoms with Crippen LogP contribution in [0.5, 0.6) is 11.5 Å². The van der Waals surface area contributed by atoms with E-state index in [1.54, 1.807) is 14.2 Å². The second-order valence-corrected chi connectivity index (χ2v) is 6.79. The number of aromatic nitrogens is 1. The smallest absolute Gasteiger partial charge is 0.318 e. The Hall–Kier alpha value is -2.63. The van der Waals surface area contributed by atoms with Crippen molar-refractivity contribution < 1.29 is 14.3 Å². The topological polar surface area (TPSA) is 55.7 Å². The van der Waals surface area contributed by atoms with E-state index in [0.29, 0.717) is 12.3 Å². The van der Waals surface area contributed by atoms with Gasteiger partial charge in [-0.05, 0) is 37.1 Å². The molecule has 1 aliphatic rings. The van der Waals surface area contributed by atoms with Crippen molar-refractivity contribution in [3.8, 4) is 11.5 Å². The SMILES string of the molecule is CCC(CC)NC(=O)N1CCn2cccc2[C@H]1c1ccc(OC)cc1OC. The molecule has 1 aromatic carbocycles. The Labute approximate surface area is 161 Å². The summed E-state index contributed by atoms with van der Waals surface area (Å²) in [7, 11) is 3.28. The molecule has 6 heteroatoms. The lowest BCUT2D eigenvalue weighted by Gasteiger charge is -2.38. The fourth-order valence-electron chi connectivity index (χ4n) is 3.72. The highest BCUT2D eigenvalue weighted by Crippen LogP contribution is 2.38. The van der Waals surface area contributed by atoms with Crippen LogP contribution >= 0.6 is 0 Å². The van der Waals surface area contributed by atoms with Crippen LogP contribution in [0.15, 0.2) is 36.5 Å². The monoisotopic (exact) mass is 371 g/mol. The number of fused-ring (bicyclic) bond motifs is 1. The summed E-state index contributed by atoms with van der Waals surface area (Å²) in [6, 6.07) is 9.83. The molecule has 1 atom stereocenters. The van der Waals surface area contributed by atoms with Crippen molar-refractivity contribution in [1.82, 2.24) is 14.8 Å². The molecule has 0 aliphatic carbocycles. The Morgan fingerprint density at radius 2 is 1.96 bits per heavy atom. The number of benzene rings is 1. The molecule has 27 heavy (non-hydrogen) atoms. The molecular weight excluding hydrogens is 342 g/mol. The molecular formula is C21H29N3O3. The van der Waals surface area contributed by atoms with Crippen molar-refractivity contribution in [1.29, 1.82) is 0 Å². The molecule has 2 aromatic rings. The molecule has 2 amide bonds. The Morgan fingerprint density at radius 1 is 1.19 bits per heavy atom. The number of methoxy groups -OCH3 is 2. The molecule has 0 unspecified atom stereocenters. The van der Waals surface area contributed by atoms with Crippen LogP contribution in [0.4, 0.5) is 4.79 Å². The summed E-state index contributed by atoms with van der Waals surface area (Å²) in [4.78, 5) is 15.0. The lowest BCUT2D eigenvalue weighted by molar-refractivity contribution is 0.163. The maximum atomic E-state index is 13.1. The minimum atomic E-state index is -0.205. The minimum Gasteiger partial charge on any atom is -0.497 e. The number of amides is 2. The molecule has 6 nitrogen and oxygen atoms in total. The van der Waals surface area contributed by atoms with Gasteiger partial charge in [0.15, 0.2) is 0 Å². The molecule has 2 heterocycles. The van der Waals surface area contributed by atoms with Crippen molar-refractivity contribution in [2.24, 2.45) is 0 Å². The van der Waals surface area contributed by atoms with E-state index in [2.05, 4.69) is 36.0 Å². The van der Waals surface area contributed by atoms with Gasteiger partial charge in [0, 0.05) is 42.7 Å². The van der Waals surface area contributed by atoms with Gasteiger partial charge < -0.3 is 24.3 Å². The molecule has 0 radical (unpaired) electrons. The molecule has 0 spiro atoms. The van der Waals surface area contributed by atoms with E-state index < -0.39 is 0 Å². The summed E-state index contributed by atoms with van der Waals surface area (Å²) in [5.74, 6) is 1.45. The summed E-state index contributed by atoms with van der Waals surface area (Å²) in [5, 5.41) is 3.18. The van der Waals surface area contributed by atoms with Crippen LogP contribution in [0.2, 0.25) is 0 Å². The Kier molecular flexibility index (Phi) is 5.94. The average molecular weight is 371 g/mol. The largest absolute Gasteiger partial charge is 0.497 e. The summed E-state index contributed by atoms with van der Waals surface area (Å²) in [6.07, 6.45) is 3.90. The maximum absolute atomic E-state index is 13.1. The molecule has 0 bridgehead atoms. The summed E-state index contributed by atoms with van der Waals surface area (Å²) in [5.41, 5.74) is 2.04. The van der Waals surface area contributed by atoms with Gasteiger partial charge in [0.2, 0.25) is 0 Å². The molecule has 1 aromatic heterocycles. The van der Waals surface area contributed by atoms with Crippen molar-refractivity contribution in [3.63, 3.8) is 0 Å². The number of hydrogen-bond donors (Lipinski definition) is 1. The number of hydrogen-bond acceptors (Lipinski definition) is 3. The zero-order valence-electron chi connectivity index (χ0n) is 16.6. The molecule has 1 N–H and O–H groups in total. The average Bonchev–Trinajstić information content (AvgIpc) is 3.19. The fourth-order valence-corrected chi connectivity index (χ4v) is 3.72. The van der Waals surface area contributed by atoms with Gasteiger partial charge in [-0.25, -0.2) is 4.79 Å². The number of nitrogens with zero attached hydrogens (tertiary/aromatic N) is 2. The van der Waals surface area contributed by atoms with Crippen molar-refractivity contribution in [3.05, 3.63) is 47.8 Å². The van der Waals surface area contributed by atoms with Crippen LogP contribution in [-0.4, -0.2) is 42.3 Å². The summed E-state index contributed by atoms with van der Waals surface area (Å²) in [6.45, 7) is 5.63. The van der Waals surface area contributed by atoms with Gasteiger partial charge in [-0.2, -0.15) is 0 Å². The molecule has 0 fully saturated rings. The molecule has 3 rings (SSSR count). The van der Waals surface area contributed by atoms with E-state index in [-0.39, 0.29) is 18.1 Å². The van der Waals surface area contributed by atoms with Crippen LogP contribution in [-0.2, 0) is 6.54 Å². The number of carbonyl (C=O) groups is 1. The number of ether oxygens (including phenoxy) is 2. The Bertz CT molecular complexity index is 783. The first-order chi connectivity index (χ1) is 13.1. The molecule has 0 saturated carbocycles. The van der Waals surface area contributed by atoms with Crippen LogP contribution in [0.25, 0.3) is 0 Å². The zero-order chi connectivity index (χ0) is 19.4. The third-order valence-electron chi connectivity index (χ3n) is 5.35. The predicted molar refractivity (Wildman–Crippen MR) is 105 cm³/mol. The summed E-state index contributed by atoms with van der Waals surface area (Å²) >= 11 is 0. The second kappa shape index (κ2) is 8.37. The van der Waals surface area contributed by atoms with Gasteiger partial charge in [-0.3, -0.25) is 0 Å². The van der Waals surface area contributed by atoms with Gasteiger partial charge in [-0.1, -0.05) is 13.8 Å². The van der Waals surface area contributed by atoms with Gasteiger partial charge in [0.05, 0.1) is 14.2 Å². The van der Waals surface area contributed by atoms with Gasteiger partial charge in [0.25, 0.3) is 0 Å². The van der Waals surface area contributed by atoms with Crippen LogP contribution in [0.3, 0.4) is 0 Å². The van der Waals surface area contributed by atoms with E-state index in [9.17, 15) is 4.79 Å². The zero-order valence-corrected chi connectivity index (χ0v) is 16.6. The molecule has 146 valence electrons. The third-order valence-corrected chi connectivity index (χ3v) is 5.35. The number of nitrogens with one attached hydrogen (secondary N) is 1. The highest BCUT2D eigenvalue weighted by atomic mass is 16.5. The van der Waals surface area contributed by atoms with Crippen LogP contribution < -0.4 is 14.8 Å². The number of rotatable bonds is 6. The van der Waals surface area contributed by atoms with Crippen LogP contribution in [0, 0.1) is 0 Å². The standard InChI is InChI=1S/C21H29N3O3/c1-5-15(6-2)22-21(25)24-13-12-23-11-7-8-18(23)20(24)17-10-9-16(26-3)14-19(17)27-4/h7-11,14-15,20H,5-6,12-13H2,1-4H3,(H,22,25)/t20-/m1/s1. The van der Waals surface area contributed by atoms with Crippen molar-refractivity contribution in [2.45, 2.75) is 45.3 Å². The van der Waals surface area contributed by atoms with E-state index in [1.165, 1.54) is 0 Å². The minimum absolute atomic E-state index is 0.0287. The van der Waals surface area contributed by atoms with Gasteiger partial charge >= 0.3 is 6.03 Å². The lowest BCUT2D eigenvalue weighted by Crippen LogP contribution is -2.49. The first kappa shape index (κ1) is 19.1. The van der Waals surface area contributed by atoms with Gasteiger partial charge in [-0.15, -0.1) is 0 Å². The second-order valence-electron chi connectivity index (χ2n) is 6.79. The molecule has 0 saturated heterocycles.